The summed E-state index contributed by atoms with van der Waals surface area (Å²) in [6.07, 6.45) is -0.0175. The molecule has 0 aromatic heterocycles. The van der Waals surface area contributed by atoms with Crippen LogP contribution in [0.5, 0.6) is 0 Å². The largest absolute Gasteiger partial charge is 0.370 e. The standard InChI is InChI=1S/C9H9Cl2N3O/c10-6-2-1-3-7(11)5(6)4-8(15)14-9(12)13/h1-3H,4H2,(H4,12,13,14,15)/i9+1,12+1,13+1,14+1. The Hall–Kier alpha value is -1.26. The molecule has 0 bridgehead atoms. The van der Waals surface area contributed by atoms with E-state index in [9.17, 15) is 4.79 Å². The third-order valence-corrected chi connectivity index (χ3v) is 2.35. The van der Waals surface area contributed by atoms with Gasteiger partial charge >= 0.3 is 0 Å². The number of benzene rings is 1. The van der Waals surface area contributed by atoms with Crippen LogP contribution < -0.4 is 11.5 Å². The fourth-order valence-corrected chi connectivity index (χ4v) is 1.57. The van der Waals surface area contributed by atoms with E-state index in [1.165, 1.54) is 0 Å². The first-order valence-corrected chi connectivity index (χ1v) is 4.81. The zero-order valence-corrected chi connectivity index (χ0v) is 9.22. The Labute approximate surface area is 96.9 Å². The molecule has 0 saturated heterocycles. The molecule has 0 radical (unpaired) electrons. The molecule has 0 aliphatic heterocycles. The summed E-state index contributed by atoms with van der Waals surface area (Å²) in [6.45, 7) is 0. The Morgan fingerprint density at radius 1 is 1.27 bits per heavy atom. The van der Waals surface area contributed by atoms with Crippen molar-refractivity contribution in [3.05, 3.63) is 33.8 Å². The monoisotopic (exact) mass is 249 g/mol. The molecular formula is C9H9Cl2N3O. The topological polar surface area (TPSA) is 81.5 Å². The lowest BCUT2D eigenvalue weighted by Crippen LogP contribution is -2.24. The normalized spacial score (nSPS) is 9.73. The van der Waals surface area contributed by atoms with Crippen LogP contribution in [0.15, 0.2) is 23.2 Å². The molecule has 4 N–H and O–H groups in total. The number of nitrogens with zero attached hydrogens (tertiary/aromatic N) is 1. The number of hydrogen-bond donors (Lipinski definition) is 2. The number of carbonyl (C=O) groups excluding carboxylic acids is 1. The van der Waals surface area contributed by atoms with Gasteiger partial charge in [0.05, 0.1) is 6.42 Å². The molecule has 0 saturated carbocycles. The lowest BCUT2D eigenvalue weighted by molar-refractivity contribution is -0.117. The molecule has 0 fully saturated rings. The zero-order chi connectivity index (χ0) is 11.4. The molecule has 80 valence electrons. The molecule has 1 rings (SSSR count). The van der Waals surface area contributed by atoms with Gasteiger partial charge in [0.25, 0.3) is 5.91 Å². The van der Waals surface area contributed by atoms with E-state index in [0.29, 0.717) is 15.6 Å². The third kappa shape index (κ3) is 3.42. The SMILES string of the molecule is [15NH2][13C]([15NH2])=[15N]C(=O)Cc1c(Cl)cccc1Cl. The predicted octanol–water partition coefficient (Wildman–Crippen LogP) is 1.34. The highest BCUT2D eigenvalue weighted by Crippen LogP contribution is 2.24. The average molecular weight is 250 g/mol. The van der Waals surface area contributed by atoms with Crippen molar-refractivity contribution in [2.45, 2.75) is 6.42 Å². The van der Waals surface area contributed by atoms with Gasteiger partial charge in [-0.05, 0) is 17.7 Å². The first-order valence-electron chi connectivity index (χ1n) is 4.06. The van der Waals surface area contributed by atoms with Crippen molar-refractivity contribution < 1.29 is 4.79 Å². The van der Waals surface area contributed by atoms with Crippen LogP contribution in [0, 0.1) is 0 Å². The Kier molecular flexibility index (Phi) is 3.94. The summed E-state index contributed by atoms with van der Waals surface area (Å²) < 4.78 is 0. The number of guanidine groups is 1. The van der Waals surface area contributed by atoms with Gasteiger partial charge < -0.3 is 11.5 Å². The van der Waals surface area contributed by atoms with Crippen molar-refractivity contribution in [1.29, 1.82) is 0 Å². The Balaban J connectivity index is 2.90. The lowest BCUT2D eigenvalue weighted by Gasteiger charge is -2.03. The fraction of sp³-hybridized carbons (Fsp3) is 0.111. The van der Waals surface area contributed by atoms with Gasteiger partial charge in [0.15, 0.2) is 5.96 Å². The second-order valence-electron chi connectivity index (χ2n) is 2.81. The van der Waals surface area contributed by atoms with Gasteiger partial charge in [-0.1, -0.05) is 29.3 Å². The highest BCUT2D eigenvalue weighted by Gasteiger charge is 2.09. The van der Waals surface area contributed by atoms with Gasteiger partial charge in [0, 0.05) is 10.0 Å². The van der Waals surface area contributed by atoms with Crippen LogP contribution in [-0.4, -0.2) is 11.9 Å². The molecule has 0 aliphatic rings. The van der Waals surface area contributed by atoms with Crippen LogP contribution in [0.3, 0.4) is 0 Å². The van der Waals surface area contributed by atoms with Crippen molar-refractivity contribution in [3.63, 3.8) is 0 Å². The van der Waals surface area contributed by atoms with Crippen LogP contribution in [0.25, 0.3) is 0 Å². The molecule has 0 unspecified atom stereocenters. The van der Waals surface area contributed by atoms with Crippen molar-refractivity contribution in [2.75, 3.05) is 0 Å². The van der Waals surface area contributed by atoms with E-state index in [-0.39, 0.29) is 12.4 Å². The van der Waals surface area contributed by atoms with Gasteiger partial charge in [0.1, 0.15) is 0 Å². The molecular weight excluding hydrogens is 241 g/mol. The summed E-state index contributed by atoms with van der Waals surface area (Å²) in [5, 5.41) is 0.836. The van der Waals surface area contributed by atoms with Gasteiger partial charge in [0.2, 0.25) is 0 Å². The van der Waals surface area contributed by atoms with Crippen LogP contribution in [-0.2, 0) is 11.2 Å². The van der Waals surface area contributed by atoms with E-state index in [1.807, 2.05) is 0 Å². The average Bonchev–Trinajstić information content (AvgIpc) is 2.10. The second kappa shape index (κ2) is 5.00. The second-order valence-corrected chi connectivity index (χ2v) is 3.62. The first-order chi connectivity index (χ1) is 7.00. The minimum absolute atomic E-state index is 0.0175. The van der Waals surface area contributed by atoms with Gasteiger partial charge in [-0.3, -0.25) is 4.79 Å². The van der Waals surface area contributed by atoms with Crippen molar-refractivity contribution in [1.82, 2.24) is 0 Å². The van der Waals surface area contributed by atoms with Crippen LogP contribution in [0.1, 0.15) is 5.56 Å². The quantitative estimate of drug-likeness (QED) is 0.359. The van der Waals surface area contributed by atoms with Crippen LogP contribution >= 0.6 is 23.2 Å². The van der Waals surface area contributed by atoms with E-state index in [2.05, 4.69) is 4.99 Å². The summed E-state index contributed by atoms with van der Waals surface area (Å²) in [4.78, 5) is 14.6. The molecule has 0 heterocycles. The van der Waals surface area contributed by atoms with Gasteiger partial charge in [-0.25, -0.2) is 0 Å². The minimum atomic E-state index is -0.481. The minimum Gasteiger partial charge on any atom is -0.370 e. The summed E-state index contributed by atoms with van der Waals surface area (Å²) in [5.41, 5.74) is 10.7. The van der Waals surface area contributed by atoms with Crippen LogP contribution in [0.4, 0.5) is 0 Å². The molecule has 1 aromatic rings. The summed E-state index contributed by atoms with van der Waals surface area (Å²) in [6, 6.07) is 4.98. The van der Waals surface area contributed by atoms with E-state index >= 15 is 0 Å². The lowest BCUT2D eigenvalue weighted by atomic mass is 10.1. The number of carbonyl (C=O) groups is 1. The first kappa shape index (κ1) is 11.8. The number of aliphatic imine (C=N–C) groups is 1. The van der Waals surface area contributed by atoms with Crippen molar-refractivity contribution >= 4 is 35.1 Å². The molecule has 0 aliphatic carbocycles. The smallest absolute Gasteiger partial charge is 0.253 e. The highest BCUT2D eigenvalue weighted by molar-refractivity contribution is 6.36. The number of amides is 1. The Morgan fingerprint density at radius 3 is 2.27 bits per heavy atom. The maximum atomic E-state index is 11.3. The maximum Gasteiger partial charge on any atom is 0.253 e. The van der Waals surface area contributed by atoms with E-state index in [4.69, 9.17) is 34.7 Å². The van der Waals surface area contributed by atoms with Gasteiger partial charge in [-0.2, -0.15) is 4.99 Å². The summed E-state index contributed by atoms with van der Waals surface area (Å²) in [7, 11) is 0. The number of halogens is 2. The molecule has 0 spiro atoms. The molecule has 0 atom stereocenters. The maximum absolute atomic E-state index is 11.3. The Morgan fingerprint density at radius 2 is 1.80 bits per heavy atom. The molecule has 6 heteroatoms. The molecule has 4 nitrogen and oxygen atoms in total. The Bertz CT molecular complexity index is 394. The van der Waals surface area contributed by atoms with Gasteiger partial charge in [-0.15, -0.1) is 0 Å². The summed E-state index contributed by atoms with van der Waals surface area (Å²) in [5.74, 6) is -0.756. The summed E-state index contributed by atoms with van der Waals surface area (Å²) >= 11 is 11.7. The van der Waals surface area contributed by atoms with E-state index in [1.54, 1.807) is 18.2 Å². The number of rotatable bonds is 2. The fourth-order valence-electron chi connectivity index (χ4n) is 1.04. The predicted molar refractivity (Wildman–Crippen MR) is 61.0 cm³/mol. The van der Waals surface area contributed by atoms with E-state index in [0.717, 1.165) is 0 Å². The molecule has 15 heavy (non-hydrogen) atoms. The van der Waals surface area contributed by atoms with Crippen molar-refractivity contribution in [2.24, 2.45) is 16.5 Å². The van der Waals surface area contributed by atoms with E-state index < -0.39 is 5.91 Å². The van der Waals surface area contributed by atoms with Crippen LogP contribution in [0.2, 0.25) is 10.0 Å². The zero-order valence-electron chi connectivity index (χ0n) is 7.71. The number of nitrogens with two attached hydrogens (primary N) is 2. The molecule has 1 amide bonds. The van der Waals surface area contributed by atoms with Crippen molar-refractivity contribution in [3.8, 4) is 0 Å². The molecule has 1 aromatic carbocycles. The number of hydrogen-bond acceptors (Lipinski definition) is 1. The highest BCUT2D eigenvalue weighted by atomic mass is 35.5. The third-order valence-electron chi connectivity index (χ3n) is 1.64.